The molecule has 1 heterocycles. The number of hydrogen-bond donors (Lipinski definition) is 0. The van der Waals surface area contributed by atoms with Crippen molar-refractivity contribution in [3.63, 3.8) is 0 Å². The van der Waals surface area contributed by atoms with E-state index in [4.69, 9.17) is 0 Å². The molecule has 0 radical (unpaired) electrons. The van der Waals surface area contributed by atoms with Crippen LogP contribution in [0.5, 0.6) is 0 Å². The van der Waals surface area contributed by atoms with E-state index in [1.165, 1.54) is 19.3 Å². The maximum Gasteiger partial charge on any atom is 0.163 e. The average molecular weight is 271 g/mol. The van der Waals surface area contributed by atoms with Gasteiger partial charge in [0.2, 0.25) is 0 Å². The van der Waals surface area contributed by atoms with Gasteiger partial charge in [-0.15, -0.1) is 0 Å². The van der Waals surface area contributed by atoms with Gasteiger partial charge in [-0.05, 0) is 24.8 Å². The molecule has 0 unspecified atom stereocenters. The Morgan fingerprint density at radius 2 is 1.65 bits per heavy atom. The van der Waals surface area contributed by atoms with Crippen LogP contribution < -0.4 is 0 Å². The Bertz CT molecular complexity index is 476. The molecule has 1 aliphatic heterocycles. The van der Waals surface area contributed by atoms with Crippen LogP contribution in [0, 0.1) is 5.41 Å². The Hall–Kier alpha value is -1.57. The topological polar surface area (TPSA) is 20.3 Å². The van der Waals surface area contributed by atoms with E-state index in [0.717, 1.165) is 24.4 Å². The van der Waals surface area contributed by atoms with Crippen LogP contribution >= 0.6 is 0 Å². The highest BCUT2D eigenvalue weighted by Crippen LogP contribution is 2.26. The van der Waals surface area contributed by atoms with Crippen molar-refractivity contribution < 1.29 is 4.79 Å². The predicted molar refractivity (Wildman–Crippen MR) is 84.3 cm³/mol. The van der Waals surface area contributed by atoms with Crippen LogP contribution in [-0.4, -0.2) is 23.8 Å². The van der Waals surface area contributed by atoms with Crippen LogP contribution in [0.4, 0.5) is 0 Å². The van der Waals surface area contributed by atoms with Gasteiger partial charge < -0.3 is 4.90 Å². The first-order chi connectivity index (χ1) is 9.48. The molecule has 1 aliphatic rings. The first-order valence-corrected chi connectivity index (χ1v) is 7.55. The minimum absolute atomic E-state index is 0.196. The molecule has 1 saturated heterocycles. The quantitative estimate of drug-likeness (QED) is 0.770. The monoisotopic (exact) mass is 271 g/mol. The second kappa shape index (κ2) is 6.25. The zero-order valence-corrected chi connectivity index (χ0v) is 12.9. The number of piperidine rings is 1. The van der Waals surface area contributed by atoms with Gasteiger partial charge in [0.15, 0.2) is 5.78 Å². The summed E-state index contributed by atoms with van der Waals surface area (Å²) in [6.45, 7) is 8.04. The average Bonchev–Trinajstić information content (AvgIpc) is 2.45. The van der Waals surface area contributed by atoms with Gasteiger partial charge in [0.25, 0.3) is 0 Å². The summed E-state index contributed by atoms with van der Waals surface area (Å²) >= 11 is 0. The Kier molecular flexibility index (Phi) is 4.64. The second-order valence-electron chi connectivity index (χ2n) is 6.56. The van der Waals surface area contributed by atoms with Crippen LogP contribution in [0.25, 0.3) is 5.70 Å². The molecule has 0 spiro atoms. The fourth-order valence-electron chi connectivity index (χ4n) is 2.44. The van der Waals surface area contributed by atoms with Crippen LogP contribution in [0.1, 0.15) is 45.6 Å². The lowest BCUT2D eigenvalue weighted by Gasteiger charge is -2.31. The molecule has 0 bridgehead atoms. The third kappa shape index (κ3) is 3.72. The Morgan fingerprint density at radius 3 is 2.20 bits per heavy atom. The standard InChI is InChI=1S/C18H25NO/c1-18(2,3)17(20)14-16(15-10-6-4-7-11-15)19-12-8-5-9-13-19/h4,6-7,10-11,14H,5,8-9,12-13H2,1-3H3/b16-14-. The van der Waals surface area contributed by atoms with Gasteiger partial charge in [0, 0.05) is 30.3 Å². The number of ketones is 1. The molecule has 20 heavy (non-hydrogen) atoms. The van der Waals surface area contributed by atoms with Crippen molar-refractivity contribution in [2.24, 2.45) is 5.41 Å². The lowest BCUT2D eigenvalue weighted by molar-refractivity contribution is -0.121. The fraction of sp³-hybridized carbons (Fsp3) is 0.500. The summed E-state index contributed by atoms with van der Waals surface area (Å²) in [7, 11) is 0. The van der Waals surface area contributed by atoms with E-state index in [0.29, 0.717) is 0 Å². The Labute approximate surface area is 122 Å². The summed E-state index contributed by atoms with van der Waals surface area (Å²) in [5.41, 5.74) is 1.91. The third-order valence-electron chi connectivity index (χ3n) is 3.77. The number of carbonyl (C=O) groups excluding carboxylic acids is 1. The second-order valence-corrected chi connectivity index (χ2v) is 6.56. The maximum atomic E-state index is 12.4. The van der Waals surface area contributed by atoms with E-state index >= 15 is 0 Å². The first kappa shape index (κ1) is 14.8. The minimum atomic E-state index is -0.324. The van der Waals surface area contributed by atoms with Gasteiger partial charge in [-0.3, -0.25) is 4.79 Å². The zero-order chi connectivity index (χ0) is 14.6. The van der Waals surface area contributed by atoms with E-state index in [1.54, 1.807) is 0 Å². The summed E-state index contributed by atoms with van der Waals surface area (Å²) in [5, 5.41) is 0. The van der Waals surface area contributed by atoms with Crippen molar-refractivity contribution >= 4 is 11.5 Å². The molecule has 0 N–H and O–H groups in total. The van der Waals surface area contributed by atoms with Gasteiger partial charge >= 0.3 is 0 Å². The fourth-order valence-corrected chi connectivity index (χ4v) is 2.44. The van der Waals surface area contributed by atoms with Crippen LogP contribution in [0.3, 0.4) is 0 Å². The number of carbonyl (C=O) groups is 1. The summed E-state index contributed by atoms with van der Waals surface area (Å²) in [6.07, 6.45) is 5.58. The zero-order valence-electron chi connectivity index (χ0n) is 12.9. The highest BCUT2D eigenvalue weighted by atomic mass is 16.1. The molecule has 0 atom stereocenters. The van der Waals surface area contributed by atoms with Crippen LogP contribution in [0.2, 0.25) is 0 Å². The highest BCUT2D eigenvalue weighted by molar-refractivity contribution is 5.99. The van der Waals surface area contributed by atoms with Gasteiger partial charge in [-0.25, -0.2) is 0 Å². The van der Waals surface area contributed by atoms with E-state index in [9.17, 15) is 4.79 Å². The van der Waals surface area contributed by atoms with Gasteiger partial charge in [-0.2, -0.15) is 0 Å². The molecule has 1 fully saturated rings. The summed E-state index contributed by atoms with van der Waals surface area (Å²) < 4.78 is 0. The third-order valence-corrected chi connectivity index (χ3v) is 3.77. The molecule has 2 nitrogen and oxygen atoms in total. The normalized spacial score (nSPS) is 17.1. The number of benzene rings is 1. The molecule has 0 saturated carbocycles. The van der Waals surface area contributed by atoms with Crippen molar-refractivity contribution in [1.29, 1.82) is 0 Å². The van der Waals surface area contributed by atoms with Crippen LogP contribution in [-0.2, 0) is 4.79 Å². The van der Waals surface area contributed by atoms with Gasteiger partial charge in [0.05, 0.1) is 0 Å². The maximum absolute atomic E-state index is 12.4. The van der Waals surface area contributed by atoms with Crippen molar-refractivity contribution in [3.8, 4) is 0 Å². The molecule has 0 aliphatic carbocycles. The SMILES string of the molecule is CC(C)(C)C(=O)/C=C(/c1ccccc1)N1CCCCC1. The minimum Gasteiger partial charge on any atom is -0.371 e. The van der Waals surface area contributed by atoms with E-state index in [-0.39, 0.29) is 11.2 Å². The summed E-state index contributed by atoms with van der Waals surface area (Å²) in [5.74, 6) is 0.196. The predicted octanol–water partition coefficient (Wildman–Crippen LogP) is 4.13. The van der Waals surface area contributed by atoms with Gasteiger partial charge in [0.1, 0.15) is 0 Å². The van der Waals surface area contributed by atoms with Crippen LogP contribution in [0.15, 0.2) is 36.4 Å². The molecule has 2 heteroatoms. The molecule has 2 rings (SSSR count). The molecule has 0 aromatic heterocycles. The molecule has 1 aromatic carbocycles. The molecule has 1 aromatic rings. The van der Waals surface area contributed by atoms with Crippen molar-refractivity contribution in [3.05, 3.63) is 42.0 Å². The number of likely N-dealkylation sites (tertiary alicyclic amines) is 1. The molecule has 108 valence electrons. The number of rotatable bonds is 3. The number of allylic oxidation sites excluding steroid dienone is 1. The largest absolute Gasteiger partial charge is 0.371 e. The highest BCUT2D eigenvalue weighted by Gasteiger charge is 2.22. The number of hydrogen-bond acceptors (Lipinski definition) is 2. The smallest absolute Gasteiger partial charge is 0.163 e. The van der Waals surface area contributed by atoms with E-state index in [1.807, 2.05) is 45.0 Å². The molecular weight excluding hydrogens is 246 g/mol. The summed E-state index contributed by atoms with van der Waals surface area (Å²) in [6, 6.07) is 10.3. The lowest BCUT2D eigenvalue weighted by Crippen LogP contribution is -2.29. The first-order valence-electron chi connectivity index (χ1n) is 7.55. The van der Waals surface area contributed by atoms with E-state index in [2.05, 4.69) is 17.0 Å². The molecule has 0 amide bonds. The number of nitrogens with zero attached hydrogens (tertiary/aromatic N) is 1. The Balaban J connectivity index is 2.34. The molecular formula is C18H25NO. The van der Waals surface area contributed by atoms with Crippen molar-refractivity contribution in [1.82, 2.24) is 4.90 Å². The van der Waals surface area contributed by atoms with Gasteiger partial charge in [-0.1, -0.05) is 51.1 Å². The Morgan fingerprint density at radius 1 is 1.05 bits per heavy atom. The van der Waals surface area contributed by atoms with E-state index < -0.39 is 0 Å². The summed E-state index contributed by atoms with van der Waals surface area (Å²) in [4.78, 5) is 14.8. The van der Waals surface area contributed by atoms with Crippen molar-refractivity contribution in [2.75, 3.05) is 13.1 Å². The van der Waals surface area contributed by atoms with Crippen molar-refractivity contribution in [2.45, 2.75) is 40.0 Å². The lowest BCUT2D eigenvalue weighted by atomic mass is 9.89.